The van der Waals surface area contributed by atoms with E-state index in [0.29, 0.717) is 23.0 Å². The maximum atomic E-state index is 13.2. The lowest BCUT2D eigenvalue weighted by Gasteiger charge is -2.17. The van der Waals surface area contributed by atoms with Crippen molar-refractivity contribution in [2.75, 3.05) is 13.7 Å². The third-order valence-electron chi connectivity index (χ3n) is 5.41. The molecule has 1 aliphatic heterocycles. The quantitative estimate of drug-likeness (QED) is 0.561. The summed E-state index contributed by atoms with van der Waals surface area (Å²) in [5.41, 5.74) is 2.27. The number of nitrogens with zero attached hydrogens (tertiary/aromatic N) is 5. The molecule has 9 heteroatoms. The van der Waals surface area contributed by atoms with E-state index < -0.39 is 11.2 Å². The lowest BCUT2D eigenvalue weighted by molar-refractivity contribution is -0.434. The fourth-order valence-corrected chi connectivity index (χ4v) is 3.59. The van der Waals surface area contributed by atoms with Gasteiger partial charge in [-0.25, -0.2) is 14.5 Å². The van der Waals surface area contributed by atoms with E-state index >= 15 is 0 Å². The molecule has 0 unspecified atom stereocenters. The van der Waals surface area contributed by atoms with Gasteiger partial charge in [-0.15, -0.1) is 0 Å². The molecule has 0 saturated carbocycles. The second-order valence-corrected chi connectivity index (χ2v) is 8.83. The van der Waals surface area contributed by atoms with Crippen LogP contribution in [0.25, 0.3) is 16.9 Å². The molecule has 0 aliphatic carbocycles. The van der Waals surface area contributed by atoms with Gasteiger partial charge in [0.1, 0.15) is 18.5 Å². The number of aliphatic hydroxyl groups is 1. The maximum Gasteiger partial charge on any atom is 0.280 e. The number of aromatic nitrogens is 4. The summed E-state index contributed by atoms with van der Waals surface area (Å²) in [5, 5.41) is 10.2. The Bertz CT molecular complexity index is 1370. The van der Waals surface area contributed by atoms with Crippen molar-refractivity contribution in [2.45, 2.75) is 33.3 Å². The standard InChI is InChI=1S/C24H25ClN5O3/c1-14-6-7-16(18-8-10-26-23(28-18)24(3,4)32)12-19(14)30-15(2)27-21(20(25)22(30)31)33-13-17-9-11-29(17)5/h6-12,32H,13H2,1-5H3/q+1. The normalized spacial score (nSPS) is 13.3. The van der Waals surface area contributed by atoms with Gasteiger partial charge in [0.15, 0.2) is 23.7 Å². The fourth-order valence-electron chi connectivity index (χ4n) is 3.41. The number of rotatable bonds is 6. The molecule has 1 aromatic carbocycles. The molecule has 0 amide bonds. The van der Waals surface area contributed by atoms with Crippen molar-refractivity contribution in [3.05, 3.63) is 75.3 Å². The number of benzene rings is 1. The Hall–Kier alpha value is -3.36. The molecule has 3 heterocycles. The molecule has 0 bridgehead atoms. The molecule has 0 fully saturated rings. The van der Waals surface area contributed by atoms with E-state index in [9.17, 15) is 9.90 Å². The van der Waals surface area contributed by atoms with Crippen molar-refractivity contribution in [1.29, 1.82) is 0 Å². The molecule has 33 heavy (non-hydrogen) atoms. The predicted octanol–water partition coefficient (Wildman–Crippen LogP) is 3.18. The Morgan fingerprint density at radius 3 is 2.61 bits per heavy atom. The van der Waals surface area contributed by atoms with Crippen LogP contribution < -0.4 is 10.3 Å². The first-order chi connectivity index (χ1) is 15.6. The first-order valence-electron chi connectivity index (χ1n) is 10.4. The molecule has 8 nitrogen and oxygen atoms in total. The van der Waals surface area contributed by atoms with Crippen molar-refractivity contribution in [1.82, 2.24) is 19.5 Å². The van der Waals surface area contributed by atoms with E-state index in [2.05, 4.69) is 15.0 Å². The molecule has 1 aliphatic rings. The van der Waals surface area contributed by atoms with Gasteiger partial charge < -0.3 is 9.84 Å². The fraction of sp³-hybridized carbons (Fsp3) is 0.292. The monoisotopic (exact) mass is 466 g/mol. The Balaban J connectivity index is 1.75. The van der Waals surface area contributed by atoms with Crippen LogP contribution in [0.15, 0.2) is 47.5 Å². The first kappa shape index (κ1) is 22.8. The molecule has 0 atom stereocenters. The lowest BCUT2D eigenvalue weighted by atomic mass is 10.1. The van der Waals surface area contributed by atoms with E-state index in [0.717, 1.165) is 16.8 Å². The summed E-state index contributed by atoms with van der Waals surface area (Å²) in [7, 11) is 1.91. The van der Waals surface area contributed by atoms with E-state index in [1.54, 1.807) is 33.0 Å². The van der Waals surface area contributed by atoms with Crippen LogP contribution in [0, 0.1) is 13.8 Å². The highest BCUT2D eigenvalue weighted by Gasteiger charge is 2.22. The van der Waals surface area contributed by atoms with Gasteiger partial charge in [0.25, 0.3) is 5.56 Å². The zero-order chi connectivity index (χ0) is 23.9. The number of aryl methyl sites for hydroxylation is 2. The third kappa shape index (κ3) is 4.44. The summed E-state index contributed by atoms with van der Waals surface area (Å²) in [6, 6.07) is 7.41. The average Bonchev–Trinajstić information content (AvgIpc) is 2.77. The summed E-state index contributed by atoms with van der Waals surface area (Å²) < 4.78 is 9.10. The Labute approximate surface area is 196 Å². The largest absolute Gasteiger partial charge is 0.465 e. The van der Waals surface area contributed by atoms with Crippen molar-refractivity contribution in [3.8, 4) is 22.8 Å². The third-order valence-corrected chi connectivity index (χ3v) is 5.74. The van der Waals surface area contributed by atoms with Crippen molar-refractivity contribution >= 4 is 17.3 Å². The molecule has 0 saturated heterocycles. The number of hydrogen-bond acceptors (Lipinski definition) is 6. The summed E-state index contributed by atoms with van der Waals surface area (Å²) in [5.74, 6) is 0.865. The van der Waals surface area contributed by atoms with Gasteiger partial charge in [-0.05, 0) is 45.4 Å². The molecule has 170 valence electrons. The summed E-state index contributed by atoms with van der Waals surface area (Å²) >= 11 is 6.37. The van der Waals surface area contributed by atoms with Gasteiger partial charge in [0.2, 0.25) is 11.6 Å². The molecular formula is C24H25ClN5O3+. The zero-order valence-electron chi connectivity index (χ0n) is 19.1. The van der Waals surface area contributed by atoms with E-state index in [1.165, 1.54) is 4.57 Å². The molecule has 0 spiro atoms. The SMILES string of the molecule is Cc1ccc(-c2ccnc(C(C)(C)O)n2)cc1-n1c(C)nc(OCC2=[N+](C)C=C2)c(Cl)c1=O. The second-order valence-electron chi connectivity index (χ2n) is 8.45. The summed E-state index contributed by atoms with van der Waals surface area (Å²) in [4.78, 5) is 26.3. The highest BCUT2D eigenvalue weighted by atomic mass is 35.5. The van der Waals surface area contributed by atoms with E-state index in [4.69, 9.17) is 16.3 Å². The van der Waals surface area contributed by atoms with E-state index in [1.807, 2.05) is 49.0 Å². The minimum absolute atomic E-state index is 0.0803. The van der Waals surface area contributed by atoms with Crippen molar-refractivity contribution in [2.24, 2.45) is 0 Å². The number of halogens is 1. The van der Waals surface area contributed by atoms with Crippen molar-refractivity contribution < 1.29 is 14.4 Å². The van der Waals surface area contributed by atoms with Crippen LogP contribution in [0.3, 0.4) is 0 Å². The van der Waals surface area contributed by atoms with Gasteiger partial charge in [0.05, 0.1) is 17.5 Å². The van der Waals surface area contributed by atoms with Crippen LogP contribution in [0.2, 0.25) is 5.02 Å². The smallest absolute Gasteiger partial charge is 0.280 e. The van der Waals surface area contributed by atoms with Gasteiger partial charge in [0, 0.05) is 11.8 Å². The predicted molar refractivity (Wildman–Crippen MR) is 126 cm³/mol. The summed E-state index contributed by atoms with van der Waals surface area (Å²) in [6.07, 6.45) is 5.44. The van der Waals surface area contributed by atoms with Crippen LogP contribution in [0.5, 0.6) is 5.88 Å². The Kier molecular flexibility index (Phi) is 5.90. The topological polar surface area (TPSA) is 93.1 Å². The van der Waals surface area contributed by atoms with Crippen LogP contribution in [0.1, 0.15) is 31.1 Å². The van der Waals surface area contributed by atoms with Gasteiger partial charge in [-0.3, -0.25) is 9.36 Å². The first-order valence-corrected chi connectivity index (χ1v) is 10.8. The van der Waals surface area contributed by atoms with E-state index in [-0.39, 0.29) is 17.5 Å². The van der Waals surface area contributed by atoms with Crippen LogP contribution in [0.4, 0.5) is 0 Å². The van der Waals surface area contributed by atoms with Crippen molar-refractivity contribution in [3.63, 3.8) is 0 Å². The summed E-state index contributed by atoms with van der Waals surface area (Å²) in [6.45, 7) is 7.17. The van der Waals surface area contributed by atoms with Crippen LogP contribution in [-0.2, 0) is 5.60 Å². The van der Waals surface area contributed by atoms with Crippen LogP contribution >= 0.6 is 11.6 Å². The molecule has 4 rings (SSSR count). The molecule has 2 aromatic heterocycles. The highest BCUT2D eigenvalue weighted by molar-refractivity contribution is 6.31. The van der Waals surface area contributed by atoms with Crippen LogP contribution in [-0.4, -0.2) is 48.6 Å². The molecule has 0 radical (unpaired) electrons. The minimum atomic E-state index is -1.17. The number of hydrogen-bond donors (Lipinski definition) is 1. The van der Waals surface area contributed by atoms with Gasteiger partial charge in [-0.2, -0.15) is 4.98 Å². The Morgan fingerprint density at radius 2 is 1.97 bits per heavy atom. The van der Waals surface area contributed by atoms with Gasteiger partial charge >= 0.3 is 0 Å². The average molecular weight is 467 g/mol. The zero-order valence-corrected chi connectivity index (χ0v) is 19.9. The Morgan fingerprint density at radius 1 is 1.21 bits per heavy atom. The highest BCUT2D eigenvalue weighted by Crippen LogP contribution is 2.27. The molecule has 1 N–H and O–H groups in total. The molecule has 3 aromatic rings. The number of ether oxygens (including phenoxy) is 1. The minimum Gasteiger partial charge on any atom is -0.465 e. The maximum absolute atomic E-state index is 13.2. The lowest BCUT2D eigenvalue weighted by Crippen LogP contribution is -2.27. The second kappa shape index (κ2) is 8.53. The molecular weight excluding hydrogens is 442 g/mol. The van der Waals surface area contributed by atoms with Gasteiger partial charge in [-0.1, -0.05) is 23.7 Å².